The Morgan fingerprint density at radius 2 is 0.907 bits per heavy atom. The quantitative estimate of drug-likeness (QED) is 0.321. The summed E-state index contributed by atoms with van der Waals surface area (Å²) in [5.74, 6) is 0. The van der Waals surface area contributed by atoms with Crippen LogP contribution in [0.1, 0.15) is 92.2 Å². The van der Waals surface area contributed by atoms with Gasteiger partial charge in [0.2, 0.25) is 0 Å². The van der Waals surface area contributed by atoms with E-state index in [0.29, 0.717) is 12.1 Å². The number of piperidine rings is 2. The first-order valence-electron chi connectivity index (χ1n) is 16.3. The first-order valence-corrected chi connectivity index (χ1v) is 16.3. The summed E-state index contributed by atoms with van der Waals surface area (Å²) in [5.41, 5.74) is 4.79. The maximum Gasteiger partial charge on any atom is 0.104 e. The minimum Gasteiger partial charge on any atom is -0.322 e. The second-order valence-electron chi connectivity index (χ2n) is 17.4. The average Bonchev–Trinajstić information content (AvgIpc) is 2.86. The van der Waals surface area contributed by atoms with Crippen LogP contribution >= 0.6 is 0 Å². The second-order valence-corrected chi connectivity index (χ2v) is 17.4. The highest BCUT2D eigenvalue weighted by atomic mass is 16.7. The van der Waals surface area contributed by atoms with E-state index in [1.54, 1.807) is 5.06 Å². The molecule has 0 aliphatic carbocycles. The summed E-state index contributed by atoms with van der Waals surface area (Å²) in [6.45, 7) is 19.9. The Bertz CT molecular complexity index is 1210. The van der Waals surface area contributed by atoms with Gasteiger partial charge in [-0.2, -0.15) is 10.1 Å². The second kappa shape index (κ2) is 11.5. The van der Waals surface area contributed by atoms with Crippen LogP contribution in [-0.2, 0) is 17.9 Å². The van der Waals surface area contributed by atoms with Gasteiger partial charge in [-0.05, 0) is 66.5 Å². The molecule has 6 heteroatoms. The molecule has 43 heavy (non-hydrogen) atoms. The molecule has 0 atom stereocenters. The van der Waals surface area contributed by atoms with E-state index in [2.05, 4.69) is 137 Å². The zero-order valence-electron chi connectivity index (χ0n) is 29.7. The number of hydroxylamine groups is 4. The predicted molar refractivity (Wildman–Crippen MR) is 178 cm³/mol. The molecule has 0 saturated carbocycles. The summed E-state index contributed by atoms with van der Waals surface area (Å²) >= 11 is 0. The van der Waals surface area contributed by atoms with Crippen LogP contribution < -0.4 is 0 Å². The van der Waals surface area contributed by atoms with E-state index in [0.717, 1.165) is 47.7 Å². The van der Waals surface area contributed by atoms with Gasteiger partial charge in [0.15, 0.2) is 0 Å². The monoisotopic (exact) mass is 594 g/mol. The van der Waals surface area contributed by atoms with Crippen molar-refractivity contribution >= 4 is 0 Å². The summed E-state index contributed by atoms with van der Waals surface area (Å²) in [6, 6.07) is 19.4. The Hall–Kier alpha value is -1.80. The van der Waals surface area contributed by atoms with Crippen molar-refractivity contribution in [3.63, 3.8) is 0 Å². The fraction of sp³-hybridized carbons (Fsp3) is 0.676. The molecule has 0 spiro atoms. The molecule has 2 saturated heterocycles. The van der Waals surface area contributed by atoms with Crippen molar-refractivity contribution in [1.82, 2.24) is 10.1 Å². The van der Waals surface area contributed by atoms with Crippen LogP contribution in [-0.4, -0.2) is 93.8 Å². The summed E-state index contributed by atoms with van der Waals surface area (Å²) in [5, 5.41) is 14.6. The molecule has 2 aliphatic heterocycles. The largest absolute Gasteiger partial charge is 0.322 e. The van der Waals surface area contributed by atoms with Crippen molar-refractivity contribution < 1.29 is 19.0 Å². The molecule has 2 heterocycles. The van der Waals surface area contributed by atoms with Crippen LogP contribution in [0.4, 0.5) is 0 Å². The summed E-state index contributed by atoms with van der Waals surface area (Å²) in [7, 11) is 11.3. The molecular formula is C37H62N4O2+2. The SMILES string of the molecule is CON1C(C)(C)CC([N+](C)(C)Cc2ccc(-c3ccc(C[N+](C)(C)C4CC(C)(C)N(O)C(C)(C)C4)cc3)cc2)CC1(C)C. The van der Waals surface area contributed by atoms with E-state index in [1.807, 2.05) is 7.11 Å². The highest BCUT2D eigenvalue weighted by Crippen LogP contribution is 2.43. The van der Waals surface area contributed by atoms with E-state index in [4.69, 9.17) is 4.84 Å². The minimum atomic E-state index is -0.235. The average molecular weight is 595 g/mol. The third-order valence-electron chi connectivity index (χ3n) is 10.8. The van der Waals surface area contributed by atoms with Crippen molar-refractivity contribution in [2.24, 2.45) is 0 Å². The van der Waals surface area contributed by atoms with Crippen molar-refractivity contribution in [3.8, 4) is 11.1 Å². The lowest BCUT2D eigenvalue weighted by atomic mass is 9.77. The Morgan fingerprint density at radius 3 is 1.21 bits per heavy atom. The molecule has 0 radical (unpaired) electrons. The Labute approximate surface area is 263 Å². The van der Waals surface area contributed by atoms with Crippen LogP contribution in [0.5, 0.6) is 0 Å². The first kappa shape index (κ1) is 34.1. The van der Waals surface area contributed by atoms with E-state index >= 15 is 0 Å². The zero-order valence-corrected chi connectivity index (χ0v) is 29.7. The number of nitrogens with zero attached hydrogens (tertiary/aromatic N) is 4. The number of hydrogen-bond acceptors (Lipinski definition) is 4. The van der Waals surface area contributed by atoms with Crippen LogP contribution in [0.3, 0.4) is 0 Å². The van der Waals surface area contributed by atoms with E-state index in [1.165, 1.54) is 22.3 Å². The summed E-state index contributed by atoms with van der Waals surface area (Å²) in [6.07, 6.45) is 4.16. The standard InChI is InChI=1S/C37H62N4O2/c1-34(2)22-32(23-35(3,4)38(34)42)40(9,10)26-28-14-18-30(19-15-28)31-20-16-29(17-21-31)27-41(11,12)33-24-36(5,6)39(43-13)37(7,8)25-33/h14-21,32-33,42H,22-27H2,1-13H3/q+2. The molecule has 240 valence electrons. The van der Waals surface area contributed by atoms with Gasteiger partial charge in [-0.25, -0.2) is 0 Å². The van der Waals surface area contributed by atoms with Gasteiger partial charge in [0.25, 0.3) is 0 Å². The van der Waals surface area contributed by atoms with Gasteiger partial charge in [0, 0.05) is 59.0 Å². The molecule has 0 unspecified atom stereocenters. The van der Waals surface area contributed by atoms with Gasteiger partial charge < -0.3 is 19.0 Å². The van der Waals surface area contributed by atoms with Crippen molar-refractivity contribution in [2.45, 2.75) is 128 Å². The predicted octanol–water partition coefficient (Wildman–Crippen LogP) is 7.50. The molecule has 0 amide bonds. The molecule has 0 bridgehead atoms. The third kappa shape index (κ3) is 7.21. The van der Waals surface area contributed by atoms with Gasteiger partial charge in [-0.3, -0.25) is 0 Å². The molecule has 1 N–H and O–H groups in total. The molecule has 2 aliphatic rings. The molecule has 2 aromatic rings. The first-order chi connectivity index (χ1) is 19.6. The lowest BCUT2D eigenvalue weighted by Gasteiger charge is -2.56. The van der Waals surface area contributed by atoms with Crippen LogP contribution in [0, 0.1) is 0 Å². The van der Waals surface area contributed by atoms with Gasteiger partial charge in [-0.15, -0.1) is 0 Å². The summed E-state index contributed by atoms with van der Waals surface area (Å²) < 4.78 is 1.89. The van der Waals surface area contributed by atoms with Gasteiger partial charge >= 0.3 is 0 Å². The smallest absolute Gasteiger partial charge is 0.104 e. The zero-order chi connectivity index (χ0) is 32.2. The van der Waals surface area contributed by atoms with Gasteiger partial charge in [0.1, 0.15) is 13.1 Å². The van der Waals surface area contributed by atoms with Crippen molar-refractivity contribution in [3.05, 3.63) is 59.7 Å². The maximum absolute atomic E-state index is 10.8. The number of hydrogen-bond donors (Lipinski definition) is 1. The highest BCUT2D eigenvalue weighted by Gasteiger charge is 2.51. The number of benzene rings is 2. The molecule has 2 fully saturated rings. The molecule has 4 rings (SSSR count). The van der Waals surface area contributed by atoms with Gasteiger partial charge in [0.05, 0.1) is 47.4 Å². The van der Waals surface area contributed by atoms with E-state index in [-0.39, 0.29) is 22.2 Å². The summed E-state index contributed by atoms with van der Waals surface area (Å²) in [4.78, 5) is 5.85. The Balaban J connectivity index is 1.42. The molecule has 0 aromatic heterocycles. The van der Waals surface area contributed by atoms with Crippen molar-refractivity contribution in [2.75, 3.05) is 35.3 Å². The Morgan fingerprint density at radius 1 is 0.605 bits per heavy atom. The van der Waals surface area contributed by atoms with Crippen molar-refractivity contribution in [1.29, 1.82) is 0 Å². The fourth-order valence-electron chi connectivity index (χ4n) is 8.72. The van der Waals surface area contributed by atoms with E-state index in [9.17, 15) is 5.21 Å². The molecular weight excluding hydrogens is 532 g/mol. The highest BCUT2D eigenvalue weighted by molar-refractivity contribution is 5.63. The molecule has 2 aromatic carbocycles. The van der Waals surface area contributed by atoms with E-state index < -0.39 is 0 Å². The topological polar surface area (TPSA) is 35.9 Å². The lowest BCUT2D eigenvalue weighted by molar-refractivity contribution is -0.931. The minimum absolute atomic E-state index is 0.00891. The number of quaternary nitrogens is 2. The normalized spacial score (nSPS) is 23.4. The fourth-order valence-corrected chi connectivity index (χ4v) is 8.72. The van der Waals surface area contributed by atoms with Crippen LogP contribution in [0.2, 0.25) is 0 Å². The van der Waals surface area contributed by atoms with Crippen LogP contribution in [0.25, 0.3) is 11.1 Å². The lowest BCUT2D eigenvalue weighted by Crippen LogP contribution is -2.66. The Kier molecular flexibility index (Phi) is 9.14. The van der Waals surface area contributed by atoms with Crippen LogP contribution in [0.15, 0.2) is 48.5 Å². The maximum atomic E-state index is 10.8. The van der Waals surface area contributed by atoms with Gasteiger partial charge in [-0.1, -0.05) is 48.5 Å². The number of rotatable bonds is 8. The molecule has 6 nitrogen and oxygen atoms in total. The third-order valence-corrected chi connectivity index (χ3v) is 10.8.